The molecule has 1 N–H and O–H groups in total. The van der Waals surface area contributed by atoms with E-state index in [-0.39, 0.29) is 0 Å². The fourth-order valence-corrected chi connectivity index (χ4v) is 1.69. The third-order valence-corrected chi connectivity index (χ3v) is 2.66. The molecule has 0 fully saturated rings. The molecule has 0 unspecified atom stereocenters. The van der Waals surface area contributed by atoms with Gasteiger partial charge >= 0.3 is 0 Å². The van der Waals surface area contributed by atoms with Crippen LogP contribution in [-0.4, -0.2) is 7.11 Å². The van der Waals surface area contributed by atoms with Gasteiger partial charge in [-0.15, -0.1) is 0 Å². The molecule has 0 atom stereocenters. The Morgan fingerprint density at radius 3 is 2.32 bits per heavy atom. The summed E-state index contributed by atoms with van der Waals surface area (Å²) < 4.78 is 5.13. The average Bonchev–Trinajstić information content (AvgIpc) is 2.47. The van der Waals surface area contributed by atoms with Crippen molar-refractivity contribution in [3.63, 3.8) is 0 Å². The summed E-state index contributed by atoms with van der Waals surface area (Å²) in [5.74, 6) is 0.649. The number of rotatable bonds is 3. The average molecular weight is 249 g/mol. The molecule has 19 heavy (non-hydrogen) atoms. The molecule has 0 amide bonds. The van der Waals surface area contributed by atoms with Gasteiger partial charge in [-0.3, -0.25) is 0 Å². The van der Waals surface area contributed by atoms with Gasteiger partial charge in [-0.2, -0.15) is 10.5 Å². The number of nitriles is 2. The predicted octanol–water partition coefficient (Wildman–Crippen LogP) is 3.18. The second-order valence-corrected chi connectivity index (χ2v) is 3.81. The first-order valence-electron chi connectivity index (χ1n) is 5.62. The second-order valence-electron chi connectivity index (χ2n) is 3.81. The Balaban J connectivity index is 2.43. The van der Waals surface area contributed by atoms with E-state index in [1.165, 1.54) is 0 Å². The molecule has 4 heteroatoms. The van der Waals surface area contributed by atoms with Gasteiger partial charge in [0.15, 0.2) is 0 Å². The van der Waals surface area contributed by atoms with Crippen LogP contribution in [0.2, 0.25) is 0 Å². The lowest BCUT2D eigenvalue weighted by Gasteiger charge is -2.11. The van der Waals surface area contributed by atoms with E-state index in [2.05, 4.69) is 17.5 Å². The highest BCUT2D eigenvalue weighted by molar-refractivity contribution is 5.71. The normalized spacial score (nSPS) is 9.21. The molecule has 0 spiro atoms. The fourth-order valence-electron chi connectivity index (χ4n) is 1.69. The van der Waals surface area contributed by atoms with E-state index < -0.39 is 0 Å². The van der Waals surface area contributed by atoms with Crippen molar-refractivity contribution in [2.75, 3.05) is 12.4 Å². The van der Waals surface area contributed by atoms with Gasteiger partial charge in [0.2, 0.25) is 0 Å². The number of nitrogens with zero attached hydrogens (tertiary/aromatic N) is 2. The van der Waals surface area contributed by atoms with Crippen LogP contribution in [0.25, 0.3) is 0 Å². The molecule has 2 aromatic rings. The summed E-state index contributed by atoms with van der Waals surface area (Å²) in [6, 6.07) is 16.5. The highest BCUT2D eigenvalue weighted by Crippen LogP contribution is 2.26. The number of ether oxygens (including phenoxy) is 1. The van der Waals surface area contributed by atoms with Crippen molar-refractivity contribution in [2.45, 2.75) is 0 Å². The fraction of sp³-hybridized carbons (Fsp3) is 0.0667. The summed E-state index contributed by atoms with van der Waals surface area (Å²) in [5, 5.41) is 21.2. The maximum Gasteiger partial charge on any atom is 0.121 e. The first-order chi connectivity index (χ1) is 9.28. The van der Waals surface area contributed by atoms with Gasteiger partial charge < -0.3 is 10.1 Å². The van der Waals surface area contributed by atoms with E-state index in [0.717, 1.165) is 0 Å². The van der Waals surface area contributed by atoms with Crippen molar-refractivity contribution in [2.24, 2.45) is 0 Å². The largest absolute Gasteiger partial charge is 0.497 e. The van der Waals surface area contributed by atoms with Crippen molar-refractivity contribution in [1.82, 2.24) is 0 Å². The molecular weight excluding hydrogens is 238 g/mol. The number of hydrogen-bond donors (Lipinski definition) is 1. The van der Waals surface area contributed by atoms with E-state index >= 15 is 0 Å². The Kier molecular flexibility index (Phi) is 3.66. The molecule has 4 nitrogen and oxygen atoms in total. The van der Waals surface area contributed by atoms with Crippen LogP contribution in [-0.2, 0) is 0 Å². The summed E-state index contributed by atoms with van der Waals surface area (Å²) in [6.45, 7) is 0. The maximum absolute atomic E-state index is 9.09. The molecule has 2 rings (SSSR count). The molecule has 0 radical (unpaired) electrons. The Hall–Kier alpha value is -2.98. The zero-order valence-electron chi connectivity index (χ0n) is 10.3. The number of hydrogen-bond acceptors (Lipinski definition) is 4. The lowest BCUT2D eigenvalue weighted by molar-refractivity contribution is 0.415. The van der Waals surface area contributed by atoms with Crippen LogP contribution < -0.4 is 10.1 Å². The van der Waals surface area contributed by atoms with E-state index in [4.69, 9.17) is 15.3 Å². The van der Waals surface area contributed by atoms with Gasteiger partial charge in [-0.05, 0) is 24.3 Å². The predicted molar refractivity (Wildman–Crippen MR) is 72.1 cm³/mol. The molecule has 0 saturated carbocycles. The number of para-hydroxylation sites is 1. The smallest absolute Gasteiger partial charge is 0.121 e. The third kappa shape index (κ3) is 2.65. The Morgan fingerprint density at radius 2 is 1.63 bits per heavy atom. The molecule has 0 bridgehead atoms. The monoisotopic (exact) mass is 249 g/mol. The van der Waals surface area contributed by atoms with Crippen molar-refractivity contribution >= 4 is 11.4 Å². The second kappa shape index (κ2) is 5.57. The minimum absolute atomic E-state index is 0.494. The number of anilines is 2. The minimum Gasteiger partial charge on any atom is -0.497 e. The first-order valence-corrected chi connectivity index (χ1v) is 5.62. The molecule has 0 aliphatic rings. The summed E-state index contributed by atoms with van der Waals surface area (Å²) >= 11 is 0. The Bertz CT molecular complexity index is 681. The zero-order valence-corrected chi connectivity index (χ0v) is 10.3. The van der Waals surface area contributed by atoms with Crippen LogP contribution in [0.1, 0.15) is 11.1 Å². The SMILES string of the molecule is COc1ccc(C#N)c(Nc2ccccc2C#N)c1. The molecule has 0 aliphatic carbocycles. The molecular formula is C15H11N3O. The highest BCUT2D eigenvalue weighted by Gasteiger charge is 2.07. The lowest BCUT2D eigenvalue weighted by Crippen LogP contribution is -1.97. The van der Waals surface area contributed by atoms with Crippen LogP contribution in [0.3, 0.4) is 0 Å². The van der Waals surface area contributed by atoms with E-state index in [9.17, 15) is 0 Å². The van der Waals surface area contributed by atoms with Gasteiger partial charge in [0.1, 0.15) is 17.9 Å². The topological polar surface area (TPSA) is 68.8 Å². The van der Waals surface area contributed by atoms with Gasteiger partial charge in [-0.1, -0.05) is 12.1 Å². The molecule has 0 heterocycles. The quantitative estimate of drug-likeness (QED) is 0.907. The van der Waals surface area contributed by atoms with Crippen LogP contribution in [0, 0.1) is 22.7 Å². The summed E-state index contributed by atoms with van der Waals surface area (Å²) in [4.78, 5) is 0. The van der Waals surface area contributed by atoms with Crippen LogP contribution in [0.4, 0.5) is 11.4 Å². The van der Waals surface area contributed by atoms with E-state index in [1.54, 1.807) is 43.5 Å². The Labute approximate surface area is 111 Å². The van der Waals surface area contributed by atoms with Crippen molar-refractivity contribution < 1.29 is 4.74 Å². The lowest BCUT2D eigenvalue weighted by atomic mass is 10.1. The molecule has 0 aromatic heterocycles. The number of methoxy groups -OCH3 is 1. The highest BCUT2D eigenvalue weighted by atomic mass is 16.5. The summed E-state index contributed by atoms with van der Waals surface area (Å²) in [5.41, 5.74) is 2.29. The van der Waals surface area contributed by atoms with Crippen molar-refractivity contribution in [3.05, 3.63) is 53.6 Å². The van der Waals surface area contributed by atoms with Crippen LogP contribution in [0.15, 0.2) is 42.5 Å². The molecule has 0 saturated heterocycles. The van der Waals surface area contributed by atoms with E-state index in [1.807, 2.05) is 6.07 Å². The minimum atomic E-state index is 0.494. The standard InChI is InChI=1S/C15H11N3O/c1-19-13-7-6-12(10-17)15(8-13)18-14-5-3-2-4-11(14)9-16/h2-8,18H,1H3. The van der Waals surface area contributed by atoms with Crippen LogP contribution in [0.5, 0.6) is 5.75 Å². The summed E-state index contributed by atoms with van der Waals surface area (Å²) in [6.07, 6.45) is 0. The van der Waals surface area contributed by atoms with Gasteiger partial charge in [0, 0.05) is 6.07 Å². The van der Waals surface area contributed by atoms with Gasteiger partial charge in [0.05, 0.1) is 29.6 Å². The van der Waals surface area contributed by atoms with E-state index in [0.29, 0.717) is 28.3 Å². The zero-order chi connectivity index (χ0) is 13.7. The summed E-state index contributed by atoms with van der Waals surface area (Å²) in [7, 11) is 1.56. The van der Waals surface area contributed by atoms with Crippen molar-refractivity contribution in [1.29, 1.82) is 10.5 Å². The van der Waals surface area contributed by atoms with Gasteiger partial charge in [-0.25, -0.2) is 0 Å². The first kappa shape index (κ1) is 12.5. The van der Waals surface area contributed by atoms with Crippen LogP contribution >= 0.6 is 0 Å². The Morgan fingerprint density at radius 1 is 0.947 bits per heavy atom. The maximum atomic E-state index is 9.09. The molecule has 92 valence electrons. The number of benzene rings is 2. The van der Waals surface area contributed by atoms with Gasteiger partial charge in [0.25, 0.3) is 0 Å². The van der Waals surface area contributed by atoms with Crippen molar-refractivity contribution in [3.8, 4) is 17.9 Å². The number of nitrogens with one attached hydrogen (secondary N) is 1. The molecule has 2 aromatic carbocycles. The molecule has 0 aliphatic heterocycles. The third-order valence-electron chi connectivity index (χ3n) is 2.66.